The minimum Gasteiger partial charge on any atom is -0.476 e. The predicted octanol–water partition coefficient (Wildman–Crippen LogP) is 6.68. The summed E-state index contributed by atoms with van der Waals surface area (Å²) in [5.41, 5.74) is 2.12. The molecule has 1 saturated carbocycles. The number of halogens is 2. The molecule has 2 aliphatic carbocycles. The third kappa shape index (κ3) is 6.66. The van der Waals surface area contributed by atoms with Gasteiger partial charge in [0, 0.05) is 29.6 Å². The van der Waals surface area contributed by atoms with E-state index >= 15 is 0 Å². The second kappa shape index (κ2) is 12.5. The Bertz CT molecular complexity index is 1220. The number of nitrogens with zero attached hydrogens (tertiary/aromatic N) is 2. The van der Waals surface area contributed by atoms with Crippen LogP contribution in [0.1, 0.15) is 63.9 Å². The smallest absolute Gasteiger partial charge is 0.334 e. The minimum atomic E-state index is -0.535. The standard InChI is InChI=1S/C29H30Cl2N2O4/c1-3-19(2)36-27-16-26(24(30)15-25(27)31)33(18-20-9-8-14-32-17-20)28(34)22-12-6-7-13-23(22)29(35)37-21-10-4-5-11-21/h1,8-9,14-17,19,21H,4-7,10-13,18H2,2H3. The van der Waals surface area contributed by atoms with E-state index in [9.17, 15) is 9.59 Å². The molecule has 194 valence electrons. The quantitative estimate of drug-likeness (QED) is 0.276. The number of esters is 1. The number of hydrogen-bond donors (Lipinski definition) is 0. The van der Waals surface area contributed by atoms with Crippen LogP contribution in [0.15, 0.2) is 47.8 Å². The zero-order valence-corrected chi connectivity index (χ0v) is 22.4. The molecule has 37 heavy (non-hydrogen) atoms. The van der Waals surface area contributed by atoms with Crippen LogP contribution < -0.4 is 9.64 Å². The summed E-state index contributed by atoms with van der Waals surface area (Å²) in [7, 11) is 0. The number of carbonyl (C=O) groups excluding carboxylic acids is 2. The molecule has 2 aliphatic rings. The molecule has 1 aromatic carbocycles. The lowest BCUT2D eigenvalue weighted by Crippen LogP contribution is -2.34. The van der Waals surface area contributed by atoms with Crippen molar-refractivity contribution in [2.24, 2.45) is 0 Å². The minimum absolute atomic E-state index is 0.0756. The molecule has 0 radical (unpaired) electrons. The van der Waals surface area contributed by atoms with Crippen LogP contribution in [0.2, 0.25) is 10.0 Å². The molecule has 1 atom stereocenters. The van der Waals surface area contributed by atoms with Crippen molar-refractivity contribution in [3.05, 3.63) is 63.4 Å². The highest BCUT2D eigenvalue weighted by Gasteiger charge is 2.32. The highest BCUT2D eigenvalue weighted by Crippen LogP contribution is 2.39. The van der Waals surface area contributed by atoms with Crippen LogP contribution in [0.25, 0.3) is 0 Å². The molecule has 0 saturated heterocycles. The Hall–Kier alpha value is -3.01. The molecule has 2 aromatic rings. The van der Waals surface area contributed by atoms with Gasteiger partial charge in [0.25, 0.3) is 5.91 Å². The van der Waals surface area contributed by atoms with Crippen LogP contribution in [0.5, 0.6) is 5.75 Å². The first-order chi connectivity index (χ1) is 17.9. The Kier molecular flexibility index (Phi) is 9.13. The lowest BCUT2D eigenvalue weighted by molar-refractivity contribution is -0.144. The number of anilines is 1. The maximum Gasteiger partial charge on any atom is 0.334 e. The number of terminal acetylenes is 1. The van der Waals surface area contributed by atoms with Crippen LogP contribution in [0, 0.1) is 12.3 Å². The molecule has 1 unspecified atom stereocenters. The summed E-state index contributed by atoms with van der Waals surface area (Å²) in [5, 5.41) is 0.553. The second-order valence-electron chi connectivity index (χ2n) is 9.39. The molecule has 0 aliphatic heterocycles. The summed E-state index contributed by atoms with van der Waals surface area (Å²) < 4.78 is 11.6. The maximum atomic E-state index is 14.2. The van der Waals surface area contributed by atoms with E-state index in [2.05, 4.69) is 10.9 Å². The fraction of sp³-hybridized carbons (Fsp3) is 0.414. The lowest BCUT2D eigenvalue weighted by Gasteiger charge is -2.29. The third-order valence-electron chi connectivity index (χ3n) is 6.69. The van der Waals surface area contributed by atoms with Gasteiger partial charge in [-0.2, -0.15) is 0 Å². The molecule has 6 nitrogen and oxygen atoms in total. The number of hydrogen-bond acceptors (Lipinski definition) is 5. The Morgan fingerprint density at radius 2 is 1.86 bits per heavy atom. The van der Waals surface area contributed by atoms with Gasteiger partial charge in [-0.3, -0.25) is 9.78 Å². The van der Waals surface area contributed by atoms with Crippen molar-refractivity contribution in [2.75, 3.05) is 4.90 Å². The number of rotatable bonds is 8. The van der Waals surface area contributed by atoms with Crippen LogP contribution in [0.4, 0.5) is 5.69 Å². The Morgan fingerprint density at radius 3 is 2.54 bits per heavy atom. The van der Waals surface area contributed by atoms with Gasteiger partial charge in [0.15, 0.2) is 6.10 Å². The lowest BCUT2D eigenvalue weighted by atomic mass is 9.90. The molecular formula is C29H30Cl2N2O4. The molecule has 1 fully saturated rings. The van der Waals surface area contributed by atoms with Crippen molar-refractivity contribution in [2.45, 2.75) is 77.0 Å². The molecule has 1 amide bonds. The van der Waals surface area contributed by atoms with Crippen molar-refractivity contribution in [3.8, 4) is 18.1 Å². The largest absolute Gasteiger partial charge is 0.476 e. The summed E-state index contributed by atoms with van der Waals surface area (Å²) in [6.07, 6.45) is 14.7. The summed E-state index contributed by atoms with van der Waals surface area (Å²) in [4.78, 5) is 33.1. The zero-order chi connectivity index (χ0) is 26.4. The van der Waals surface area contributed by atoms with Gasteiger partial charge in [-0.15, -0.1) is 6.42 Å². The van der Waals surface area contributed by atoms with E-state index < -0.39 is 6.10 Å². The van der Waals surface area contributed by atoms with E-state index in [4.69, 9.17) is 39.1 Å². The summed E-state index contributed by atoms with van der Waals surface area (Å²) >= 11 is 13.0. The van der Waals surface area contributed by atoms with Crippen molar-refractivity contribution in [1.82, 2.24) is 4.98 Å². The first-order valence-corrected chi connectivity index (χ1v) is 13.4. The topological polar surface area (TPSA) is 68.7 Å². The molecule has 0 bridgehead atoms. The van der Waals surface area contributed by atoms with E-state index in [0.29, 0.717) is 35.4 Å². The molecular weight excluding hydrogens is 511 g/mol. The van der Waals surface area contributed by atoms with Gasteiger partial charge < -0.3 is 14.4 Å². The van der Waals surface area contributed by atoms with Gasteiger partial charge in [-0.1, -0.05) is 35.2 Å². The van der Waals surface area contributed by atoms with Gasteiger partial charge >= 0.3 is 5.97 Å². The van der Waals surface area contributed by atoms with Crippen LogP contribution in [-0.4, -0.2) is 29.1 Å². The molecule has 1 aromatic heterocycles. The van der Waals surface area contributed by atoms with Gasteiger partial charge in [0.1, 0.15) is 11.9 Å². The van der Waals surface area contributed by atoms with Gasteiger partial charge in [-0.05, 0) is 76.0 Å². The van der Waals surface area contributed by atoms with E-state index in [0.717, 1.165) is 44.1 Å². The van der Waals surface area contributed by atoms with Crippen molar-refractivity contribution < 1.29 is 19.1 Å². The van der Waals surface area contributed by atoms with E-state index in [-0.39, 0.29) is 34.6 Å². The number of amides is 1. The summed E-state index contributed by atoms with van der Waals surface area (Å²) in [6, 6.07) is 6.83. The number of ether oxygens (including phenoxy) is 2. The average Bonchev–Trinajstić information content (AvgIpc) is 3.42. The fourth-order valence-electron chi connectivity index (χ4n) is 4.74. The van der Waals surface area contributed by atoms with Crippen LogP contribution >= 0.6 is 23.2 Å². The van der Waals surface area contributed by atoms with Crippen LogP contribution in [0.3, 0.4) is 0 Å². The number of benzene rings is 1. The summed E-state index contributed by atoms with van der Waals surface area (Å²) in [6.45, 7) is 1.91. The van der Waals surface area contributed by atoms with Gasteiger partial charge in [0.05, 0.1) is 22.3 Å². The molecule has 8 heteroatoms. The number of aromatic nitrogens is 1. The van der Waals surface area contributed by atoms with E-state index in [1.807, 2.05) is 6.07 Å². The van der Waals surface area contributed by atoms with E-state index in [1.165, 1.54) is 6.07 Å². The second-order valence-corrected chi connectivity index (χ2v) is 10.2. The number of pyridine rings is 1. The predicted molar refractivity (Wildman–Crippen MR) is 145 cm³/mol. The highest BCUT2D eigenvalue weighted by molar-refractivity contribution is 6.37. The van der Waals surface area contributed by atoms with Crippen LogP contribution in [-0.2, 0) is 20.9 Å². The molecule has 0 N–H and O–H groups in total. The van der Waals surface area contributed by atoms with Gasteiger partial charge in [0.2, 0.25) is 0 Å². The van der Waals surface area contributed by atoms with Crippen molar-refractivity contribution in [1.29, 1.82) is 0 Å². The Labute approximate surface area is 227 Å². The van der Waals surface area contributed by atoms with Gasteiger partial charge in [-0.25, -0.2) is 4.79 Å². The molecule has 0 spiro atoms. The molecule has 1 heterocycles. The monoisotopic (exact) mass is 540 g/mol. The fourth-order valence-corrected chi connectivity index (χ4v) is 5.27. The normalized spacial score (nSPS) is 16.7. The SMILES string of the molecule is C#CC(C)Oc1cc(N(Cc2cccnc2)C(=O)C2=C(C(=O)OC3CCCC3)CCCC2)c(Cl)cc1Cl. The Morgan fingerprint density at radius 1 is 1.14 bits per heavy atom. The van der Waals surface area contributed by atoms with E-state index in [1.54, 1.807) is 36.4 Å². The summed E-state index contributed by atoms with van der Waals surface area (Å²) in [5.74, 6) is 2.13. The first kappa shape index (κ1) is 27.0. The number of carbonyl (C=O) groups is 2. The highest BCUT2D eigenvalue weighted by atomic mass is 35.5. The Balaban J connectivity index is 1.74. The third-order valence-corrected chi connectivity index (χ3v) is 7.29. The van der Waals surface area contributed by atoms with Crippen molar-refractivity contribution in [3.63, 3.8) is 0 Å². The van der Waals surface area contributed by atoms with Crippen molar-refractivity contribution >= 4 is 40.8 Å². The molecule has 4 rings (SSSR count). The zero-order valence-electron chi connectivity index (χ0n) is 20.8. The average molecular weight is 541 g/mol. The maximum absolute atomic E-state index is 14.2. The first-order valence-electron chi connectivity index (χ1n) is 12.6.